The largest absolute Gasteiger partial charge is 0.480 e. The van der Waals surface area contributed by atoms with Crippen LogP contribution < -0.4 is 15.8 Å². The van der Waals surface area contributed by atoms with E-state index >= 15 is 0 Å². The van der Waals surface area contributed by atoms with Crippen LogP contribution in [-0.2, 0) is 4.79 Å². The van der Waals surface area contributed by atoms with Gasteiger partial charge in [0.25, 0.3) is 0 Å². The highest BCUT2D eigenvalue weighted by molar-refractivity contribution is 5.92. The number of nitrogens with two attached hydrogens (primary N) is 1. The molecule has 0 radical (unpaired) electrons. The van der Waals surface area contributed by atoms with Gasteiger partial charge in [0.2, 0.25) is 11.8 Å². The molecule has 0 spiro atoms. The van der Waals surface area contributed by atoms with Crippen molar-refractivity contribution in [2.24, 2.45) is 11.1 Å². The van der Waals surface area contributed by atoms with E-state index in [1.54, 1.807) is 18.3 Å². The van der Waals surface area contributed by atoms with Crippen molar-refractivity contribution in [2.75, 3.05) is 12.4 Å². The highest BCUT2D eigenvalue weighted by Crippen LogP contribution is 2.23. The molecule has 3 N–H and O–H groups in total. The molecule has 5 heteroatoms. The molecule has 1 amide bonds. The van der Waals surface area contributed by atoms with E-state index in [1.807, 2.05) is 0 Å². The molecule has 1 aromatic heterocycles. The Bertz CT molecular complexity index is 427. The van der Waals surface area contributed by atoms with Gasteiger partial charge in [0.1, 0.15) is 5.69 Å². The normalized spacial score (nSPS) is 12.9. The van der Waals surface area contributed by atoms with Gasteiger partial charge in [-0.15, -0.1) is 0 Å². The maximum Gasteiger partial charge on any atom is 0.237 e. The van der Waals surface area contributed by atoms with Crippen molar-refractivity contribution in [1.29, 1.82) is 0 Å². The van der Waals surface area contributed by atoms with Crippen LogP contribution in [0.1, 0.15) is 33.6 Å². The van der Waals surface area contributed by atoms with Crippen molar-refractivity contribution in [2.45, 2.75) is 39.7 Å². The maximum absolute atomic E-state index is 11.9. The van der Waals surface area contributed by atoms with Crippen LogP contribution in [0.4, 0.5) is 5.69 Å². The summed E-state index contributed by atoms with van der Waals surface area (Å²) in [6, 6.07) is 3.34. The van der Waals surface area contributed by atoms with Crippen LogP contribution >= 0.6 is 0 Å². The highest BCUT2D eigenvalue weighted by atomic mass is 16.5. The molecule has 0 aliphatic heterocycles. The minimum atomic E-state index is -0.150. The van der Waals surface area contributed by atoms with Gasteiger partial charge in [0.15, 0.2) is 0 Å². The third kappa shape index (κ3) is 5.70. The van der Waals surface area contributed by atoms with Crippen molar-refractivity contribution >= 4 is 11.6 Å². The fraction of sp³-hybridized carbons (Fsp3) is 0.571. The lowest BCUT2D eigenvalue weighted by Crippen LogP contribution is -2.31. The van der Waals surface area contributed by atoms with Crippen molar-refractivity contribution in [3.63, 3.8) is 0 Å². The second-order valence-electron chi connectivity index (χ2n) is 5.84. The summed E-state index contributed by atoms with van der Waals surface area (Å²) in [5.74, 6) is 0.281. The van der Waals surface area contributed by atoms with Crippen LogP contribution in [-0.4, -0.2) is 24.0 Å². The molecular formula is C14H23N3O2. The minimum Gasteiger partial charge on any atom is -0.480 e. The molecule has 1 heterocycles. The second kappa shape index (κ2) is 6.52. The Labute approximate surface area is 114 Å². The van der Waals surface area contributed by atoms with Crippen LogP contribution in [0, 0.1) is 5.41 Å². The Morgan fingerprint density at radius 3 is 2.79 bits per heavy atom. The topological polar surface area (TPSA) is 77.2 Å². The molecule has 0 saturated carbocycles. The number of amides is 1. The number of pyridine rings is 1. The number of nitrogens with one attached hydrogen (secondary N) is 1. The zero-order valence-corrected chi connectivity index (χ0v) is 12.1. The summed E-state index contributed by atoms with van der Waals surface area (Å²) in [4.78, 5) is 15.9. The van der Waals surface area contributed by atoms with E-state index in [2.05, 4.69) is 31.1 Å². The van der Waals surface area contributed by atoms with Gasteiger partial charge in [-0.3, -0.25) is 4.79 Å². The van der Waals surface area contributed by atoms with Gasteiger partial charge >= 0.3 is 0 Å². The van der Waals surface area contributed by atoms with E-state index in [-0.39, 0.29) is 23.8 Å². The number of rotatable bonds is 5. The summed E-state index contributed by atoms with van der Waals surface area (Å²) in [6.45, 7) is 6.32. The summed E-state index contributed by atoms with van der Waals surface area (Å²) in [6.07, 6.45) is 2.69. The first kappa shape index (κ1) is 15.4. The van der Waals surface area contributed by atoms with E-state index < -0.39 is 0 Å². The lowest BCUT2D eigenvalue weighted by atomic mass is 9.87. The fourth-order valence-electron chi connectivity index (χ4n) is 1.95. The van der Waals surface area contributed by atoms with Gasteiger partial charge in [-0.1, -0.05) is 20.8 Å². The summed E-state index contributed by atoms with van der Waals surface area (Å²) in [7, 11) is 1.52. The number of aromatic nitrogens is 1. The van der Waals surface area contributed by atoms with E-state index in [4.69, 9.17) is 10.5 Å². The molecule has 1 unspecified atom stereocenters. The molecule has 0 aromatic carbocycles. The van der Waals surface area contributed by atoms with Crippen LogP contribution in [0.2, 0.25) is 0 Å². The van der Waals surface area contributed by atoms with Crippen molar-refractivity contribution in [3.8, 4) is 5.88 Å². The van der Waals surface area contributed by atoms with Crippen LogP contribution in [0.5, 0.6) is 5.88 Å². The maximum atomic E-state index is 11.9. The molecule has 0 saturated heterocycles. The summed E-state index contributed by atoms with van der Waals surface area (Å²) >= 11 is 0. The average Bonchev–Trinajstić information content (AvgIpc) is 2.26. The summed E-state index contributed by atoms with van der Waals surface area (Å²) < 4.78 is 5.07. The summed E-state index contributed by atoms with van der Waals surface area (Å²) in [5.41, 5.74) is 6.66. The molecule has 1 atom stereocenters. The molecule has 0 aliphatic carbocycles. The molecule has 0 bridgehead atoms. The molecule has 5 nitrogen and oxygen atoms in total. The lowest BCUT2D eigenvalue weighted by Gasteiger charge is -2.22. The number of carbonyl (C=O) groups is 1. The number of hydrogen-bond acceptors (Lipinski definition) is 4. The Kier molecular flexibility index (Phi) is 5.30. The van der Waals surface area contributed by atoms with Crippen molar-refractivity contribution < 1.29 is 9.53 Å². The molecular weight excluding hydrogens is 242 g/mol. The van der Waals surface area contributed by atoms with Crippen molar-refractivity contribution in [1.82, 2.24) is 4.98 Å². The molecule has 0 aliphatic rings. The Morgan fingerprint density at radius 1 is 1.53 bits per heavy atom. The van der Waals surface area contributed by atoms with E-state index in [0.717, 1.165) is 6.42 Å². The number of carbonyl (C=O) groups excluding carboxylic acids is 1. The lowest BCUT2D eigenvalue weighted by molar-refractivity contribution is -0.116. The van der Waals surface area contributed by atoms with Crippen LogP contribution in [0.25, 0.3) is 0 Å². The molecule has 106 valence electrons. The third-order valence-electron chi connectivity index (χ3n) is 2.56. The zero-order valence-electron chi connectivity index (χ0n) is 12.1. The predicted octanol–water partition coefficient (Wildman–Crippen LogP) is 2.18. The smallest absolute Gasteiger partial charge is 0.237 e. The number of hydrogen-bond donors (Lipinski definition) is 2. The number of ether oxygens (including phenoxy) is 1. The molecule has 1 rings (SSSR count). The van der Waals surface area contributed by atoms with E-state index in [1.165, 1.54) is 7.11 Å². The van der Waals surface area contributed by atoms with Crippen LogP contribution in [0.15, 0.2) is 18.3 Å². The SMILES string of the molecule is COc1ncccc1NC(=O)CC(N)CC(C)(C)C. The van der Waals surface area contributed by atoms with Gasteiger partial charge in [-0.05, 0) is 24.0 Å². The summed E-state index contributed by atoms with van der Waals surface area (Å²) in [5, 5.41) is 2.77. The number of nitrogens with zero attached hydrogens (tertiary/aromatic N) is 1. The standard InChI is InChI=1S/C14H23N3O2/c1-14(2,3)9-10(15)8-12(18)17-11-6-5-7-16-13(11)19-4/h5-7,10H,8-9,15H2,1-4H3,(H,17,18). The number of anilines is 1. The van der Waals surface area contributed by atoms with Gasteiger partial charge in [-0.25, -0.2) is 4.98 Å². The van der Waals surface area contributed by atoms with Gasteiger partial charge < -0.3 is 15.8 Å². The third-order valence-corrected chi connectivity index (χ3v) is 2.56. The number of methoxy groups -OCH3 is 1. The van der Waals surface area contributed by atoms with Crippen molar-refractivity contribution in [3.05, 3.63) is 18.3 Å². The van der Waals surface area contributed by atoms with E-state index in [9.17, 15) is 4.79 Å². The van der Waals surface area contributed by atoms with Gasteiger partial charge in [-0.2, -0.15) is 0 Å². The molecule has 0 fully saturated rings. The zero-order chi connectivity index (χ0) is 14.5. The van der Waals surface area contributed by atoms with Gasteiger partial charge in [0.05, 0.1) is 7.11 Å². The Morgan fingerprint density at radius 2 is 2.21 bits per heavy atom. The Balaban J connectivity index is 2.56. The quantitative estimate of drug-likeness (QED) is 0.855. The monoisotopic (exact) mass is 265 g/mol. The first-order valence-corrected chi connectivity index (χ1v) is 6.36. The highest BCUT2D eigenvalue weighted by Gasteiger charge is 2.18. The average molecular weight is 265 g/mol. The van der Waals surface area contributed by atoms with Gasteiger partial charge in [0, 0.05) is 18.7 Å². The molecule has 1 aromatic rings. The Hall–Kier alpha value is -1.62. The predicted molar refractivity (Wildman–Crippen MR) is 76.1 cm³/mol. The first-order chi connectivity index (χ1) is 8.81. The fourth-order valence-corrected chi connectivity index (χ4v) is 1.95. The first-order valence-electron chi connectivity index (χ1n) is 6.36. The van der Waals surface area contributed by atoms with Crippen LogP contribution in [0.3, 0.4) is 0 Å². The minimum absolute atomic E-state index is 0.117. The molecule has 19 heavy (non-hydrogen) atoms. The second-order valence-corrected chi connectivity index (χ2v) is 5.84. The van der Waals surface area contributed by atoms with E-state index in [0.29, 0.717) is 11.6 Å².